The maximum absolute atomic E-state index is 11.6. The molecule has 4 heterocycles. The standard InChI is InChI=1S/C27H30N6O6.Eu/c34-25(35)18-31-10-12-32(16-21-6-2-8-23(29-21)26(36)37)14-19-4-1-5-20(28-19)15-33(13-11-31)17-22-7-3-9-24(30-22)27(38)39;/h1-9H,10-18H2,(H,34,35)(H,36,37)(H,38,39);/q;+3. The van der Waals surface area contributed by atoms with Gasteiger partial charge in [-0.15, -0.1) is 0 Å². The molecule has 0 aromatic carbocycles. The van der Waals surface area contributed by atoms with Crippen LogP contribution in [0.3, 0.4) is 0 Å². The summed E-state index contributed by atoms with van der Waals surface area (Å²) in [5.41, 5.74) is 2.78. The summed E-state index contributed by atoms with van der Waals surface area (Å²) < 4.78 is 0. The Balaban J connectivity index is 0.00000441. The van der Waals surface area contributed by atoms with Gasteiger partial charge in [0.05, 0.1) is 29.3 Å². The van der Waals surface area contributed by atoms with Gasteiger partial charge in [0.1, 0.15) is 11.4 Å². The Bertz CT molecular complexity index is 1250. The van der Waals surface area contributed by atoms with E-state index in [2.05, 4.69) is 19.8 Å². The van der Waals surface area contributed by atoms with Gasteiger partial charge in [-0.3, -0.25) is 24.5 Å². The topological polar surface area (TPSA) is 160 Å². The number of pyridine rings is 3. The van der Waals surface area contributed by atoms with E-state index < -0.39 is 17.9 Å². The smallest absolute Gasteiger partial charge is 0.480 e. The van der Waals surface area contributed by atoms with Crippen LogP contribution in [0.2, 0.25) is 0 Å². The molecule has 0 fully saturated rings. The molecule has 13 heteroatoms. The van der Waals surface area contributed by atoms with Crippen molar-refractivity contribution in [1.82, 2.24) is 29.7 Å². The Morgan fingerprint density at radius 1 is 0.625 bits per heavy atom. The number of carbonyl (C=O) groups is 3. The van der Waals surface area contributed by atoms with E-state index in [9.17, 15) is 29.7 Å². The van der Waals surface area contributed by atoms with Crippen LogP contribution in [-0.4, -0.2) is 95.6 Å². The normalized spacial score (nSPS) is 15.3. The van der Waals surface area contributed by atoms with Crippen molar-refractivity contribution >= 4 is 17.9 Å². The Kier molecular flexibility index (Phi) is 12.2. The average molecular weight is 687 g/mol. The summed E-state index contributed by atoms with van der Waals surface area (Å²) in [5, 5.41) is 28.1. The molecule has 3 N–H and O–H groups in total. The van der Waals surface area contributed by atoms with Crippen LogP contribution in [0.15, 0.2) is 54.6 Å². The average Bonchev–Trinajstić information content (AvgIpc) is 2.89. The maximum atomic E-state index is 11.6. The van der Waals surface area contributed by atoms with Gasteiger partial charge < -0.3 is 15.3 Å². The summed E-state index contributed by atoms with van der Waals surface area (Å²) in [4.78, 5) is 53.7. The van der Waals surface area contributed by atoms with Crippen LogP contribution in [-0.2, 0) is 31.0 Å². The summed E-state index contributed by atoms with van der Waals surface area (Å²) in [6.07, 6.45) is 0. The number of fused-ring (bicyclic) bond motifs is 2. The van der Waals surface area contributed by atoms with Gasteiger partial charge >= 0.3 is 67.3 Å². The van der Waals surface area contributed by atoms with E-state index in [1.54, 1.807) is 24.3 Å². The minimum Gasteiger partial charge on any atom is -0.480 e. The van der Waals surface area contributed by atoms with Gasteiger partial charge in [-0.05, 0) is 36.4 Å². The first kappa shape index (κ1) is 31.8. The molecule has 0 saturated heterocycles. The zero-order valence-electron chi connectivity index (χ0n) is 21.7. The Morgan fingerprint density at radius 3 is 1.48 bits per heavy atom. The van der Waals surface area contributed by atoms with Crippen LogP contribution in [0.5, 0.6) is 0 Å². The summed E-state index contributed by atoms with van der Waals surface area (Å²) in [6, 6.07) is 15.5. The monoisotopic (exact) mass is 687 g/mol. The fourth-order valence-corrected chi connectivity index (χ4v) is 4.45. The van der Waals surface area contributed by atoms with Crippen molar-refractivity contribution in [3.8, 4) is 0 Å². The fourth-order valence-electron chi connectivity index (χ4n) is 4.45. The van der Waals surface area contributed by atoms with E-state index in [4.69, 9.17) is 4.98 Å². The van der Waals surface area contributed by atoms with Gasteiger partial charge in [-0.2, -0.15) is 0 Å². The van der Waals surface area contributed by atoms with Crippen LogP contribution in [0.1, 0.15) is 43.8 Å². The molecule has 4 rings (SSSR count). The molecular weight excluding hydrogens is 656 g/mol. The third-order valence-corrected chi connectivity index (χ3v) is 6.28. The predicted molar refractivity (Wildman–Crippen MR) is 139 cm³/mol. The molecule has 0 amide bonds. The van der Waals surface area contributed by atoms with E-state index in [0.717, 1.165) is 11.4 Å². The molecule has 3 aromatic rings. The van der Waals surface area contributed by atoms with Crippen molar-refractivity contribution in [3.05, 3.63) is 88.8 Å². The van der Waals surface area contributed by atoms with Gasteiger partial charge in [0.15, 0.2) is 0 Å². The Hall–Kier alpha value is -2.68. The molecule has 1 aliphatic rings. The first-order valence-corrected chi connectivity index (χ1v) is 12.5. The van der Waals surface area contributed by atoms with E-state index in [1.165, 1.54) is 12.1 Å². The molecule has 1 aliphatic heterocycles. The van der Waals surface area contributed by atoms with Crippen molar-refractivity contribution in [2.75, 3.05) is 32.7 Å². The van der Waals surface area contributed by atoms with E-state index >= 15 is 0 Å². The minimum absolute atomic E-state index is 0. The van der Waals surface area contributed by atoms with Crippen LogP contribution < -0.4 is 0 Å². The zero-order valence-corrected chi connectivity index (χ0v) is 24.1. The van der Waals surface area contributed by atoms with Crippen molar-refractivity contribution < 1.29 is 79.1 Å². The third kappa shape index (κ3) is 9.75. The van der Waals surface area contributed by atoms with Gasteiger partial charge in [-0.25, -0.2) is 19.6 Å². The minimum atomic E-state index is -1.10. The quantitative estimate of drug-likeness (QED) is 0.315. The number of rotatable bonds is 8. The van der Waals surface area contributed by atoms with E-state index in [0.29, 0.717) is 63.7 Å². The number of carboxylic acid groups (broad SMARTS) is 3. The number of aliphatic carboxylic acids is 1. The molecule has 0 saturated carbocycles. The van der Waals surface area contributed by atoms with Gasteiger partial charge in [0, 0.05) is 52.4 Å². The number of aromatic carboxylic acids is 2. The summed E-state index contributed by atoms with van der Waals surface area (Å²) in [5.74, 6) is -3.12. The molecular formula is C27H30EuN6O6+3. The molecule has 0 radical (unpaired) electrons. The number of hydrogen-bond acceptors (Lipinski definition) is 9. The molecule has 0 spiro atoms. The SMILES string of the molecule is O=C(O)CN1CCN(Cc2cccc(C(=O)O)n2)Cc2cccc(n2)CN(Cc2cccc(C(=O)O)n2)CC1.[Eu+3]. The number of carboxylic acids is 3. The van der Waals surface area contributed by atoms with Gasteiger partial charge in [-0.1, -0.05) is 18.2 Å². The molecule has 3 aromatic heterocycles. The second-order valence-corrected chi connectivity index (χ2v) is 9.35. The molecule has 0 aliphatic carbocycles. The Labute approximate surface area is 272 Å². The third-order valence-electron chi connectivity index (χ3n) is 6.28. The summed E-state index contributed by atoms with van der Waals surface area (Å²) in [7, 11) is 0. The zero-order chi connectivity index (χ0) is 27.8. The summed E-state index contributed by atoms with van der Waals surface area (Å²) >= 11 is 0. The van der Waals surface area contributed by atoms with Gasteiger partial charge in [0.25, 0.3) is 0 Å². The van der Waals surface area contributed by atoms with Crippen LogP contribution in [0, 0.1) is 49.4 Å². The van der Waals surface area contributed by atoms with Crippen molar-refractivity contribution in [2.45, 2.75) is 26.2 Å². The first-order chi connectivity index (χ1) is 18.7. The molecule has 208 valence electrons. The van der Waals surface area contributed by atoms with Crippen molar-refractivity contribution in [1.29, 1.82) is 0 Å². The first-order valence-electron chi connectivity index (χ1n) is 12.5. The Morgan fingerprint density at radius 2 is 1.05 bits per heavy atom. The van der Waals surface area contributed by atoms with Crippen LogP contribution >= 0.6 is 0 Å². The molecule has 0 unspecified atom stereocenters. The largest absolute Gasteiger partial charge is 3.00 e. The molecule has 0 atom stereocenters. The van der Waals surface area contributed by atoms with E-state index in [1.807, 2.05) is 23.1 Å². The van der Waals surface area contributed by atoms with Crippen LogP contribution in [0.4, 0.5) is 0 Å². The molecule has 2 bridgehead atoms. The fraction of sp³-hybridized carbons (Fsp3) is 0.333. The number of nitrogens with zero attached hydrogens (tertiary/aromatic N) is 6. The maximum Gasteiger partial charge on any atom is 3.00 e. The number of hydrogen-bond donors (Lipinski definition) is 3. The van der Waals surface area contributed by atoms with Crippen LogP contribution in [0.25, 0.3) is 0 Å². The van der Waals surface area contributed by atoms with Crippen molar-refractivity contribution in [2.24, 2.45) is 0 Å². The number of aromatic nitrogens is 3. The molecule has 40 heavy (non-hydrogen) atoms. The summed E-state index contributed by atoms with van der Waals surface area (Å²) in [6.45, 7) is 3.52. The van der Waals surface area contributed by atoms with Gasteiger partial charge in [0.2, 0.25) is 0 Å². The second-order valence-electron chi connectivity index (χ2n) is 9.35. The second kappa shape index (κ2) is 15.4. The van der Waals surface area contributed by atoms with Crippen molar-refractivity contribution in [3.63, 3.8) is 0 Å². The van der Waals surface area contributed by atoms with E-state index in [-0.39, 0.29) is 67.3 Å². The molecule has 12 nitrogen and oxygen atoms in total. The predicted octanol–water partition coefficient (Wildman–Crippen LogP) is 1.67.